The quantitative estimate of drug-likeness (QED) is 0.905. The van der Waals surface area contributed by atoms with Gasteiger partial charge in [-0.25, -0.2) is 0 Å². The smallest absolute Gasteiger partial charge is 0.236 e. The molecule has 1 unspecified atom stereocenters. The molecule has 1 atom stereocenters. The first-order valence-electron chi connectivity index (χ1n) is 6.93. The van der Waals surface area contributed by atoms with Crippen molar-refractivity contribution in [3.05, 3.63) is 21.3 Å². The van der Waals surface area contributed by atoms with Gasteiger partial charge < -0.3 is 10.0 Å². The first-order chi connectivity index (χ1) is 9.60. The number of hydrogen-bond donors (Lipinski definition) is 1. The minimum Gasteiger partial charge on any atom is -0.395 e. The van der Waals surface area contributed by atoms with Crippen LogP contribution in [0.3, 0.4) is 0 Å². The highest BCUT2D eigenvalue weighted by atomic mass is 35.5. The number of hydrogen-bond acceptors (Lipinski definition) is 4. The normalized spacial score (nSPS) is 20.1. The van der Waals surface area contributed by atoms with Crippen LogP contribution in [0.25, 0.3) is 0 Å². The van der Waals surface area contributed by atoms with E-state index >= 15 is 0 Å². The fraction of sp³-hybridized carbons (Fsp3) is 0.643. The third-order valence-electron chi connectivity index (χ3n) is 3.75. The lowest BCUT2D eigenvalue weighted by atomic mass is 10.0. The summed E-state index contributed by atoms with van der Waals surface area (Å²) in [5.74, 6) is 0.0925. The van der Waals surface area contributed by atoms with Crippen LogP contribution in [0.1, 0.15) is 24.1 Å². The predicted octanol–water partition coefficient (Wildman–Crippen LogP) is 2.21. The molecule has 20 heavy (non-hydrogen) atoms. The zero-order chi connectivity index (χ0) is 14.5. The molecule has 2 heterocycles. The van der Waals surface area contributed by atoms with E-state index in [2.05, 4.69) is 4.90 Å². The topological polar surface area (TPSA) is 43.8 Å². The molecule has 1 aliphatic heterocycles. The average molecular weight is 317 g/mol. The molecule has 2 rings (SSSR count). The largest absolute Gasteiger partial charge is 0.395 e. The van der Waals surface area contributed by atoms with Gasteiger partial charge in [0.05, 0.1) is 24.0 Å². The molecule has 1 fully saturated rings. The van der Waals surface area contributed by atoms with Crippen LogP contribution in [-0.4, -0.2) is 53.6 Å². The second-order valence-corrected chi connectivity index (χ2v) is 7.06. The second kappa shape index (κ2) is 7.41. The molecular formula is C14H21ClN2O2S. The molecule has 4 nitrogen and oxygen atoms in total. The van der Waals surface area contributed by atoms with Crippen LogP contribution < -0.4 is 0 Å². The number of aliphatic hydroxyl groups excluding tert-OH is 1. The Labute approximate surface area is 128 Å². The molecule has 0 saturated carbocycles. The predicted molar refractivity (Wildman–Crippen MR) is 82.1 cm³/mol. The third kappa shape index (κ3) is 4.19. The van der Waals surface area contributed by atoms with E-state index in [0.29, 0.717) is 13.1 Å². The van der Waals surface area contributed by atoms with Gasteiger partial charge >= 0.3 is 0 Å². The fourth-order valence-corrected chi connectivity index (χ4v) is 3.67. The van der Waals surface area contributed by atoms with Gasteiger partial charge in [0.1, 0.15) is 0 Å². The van der Waals surface area contributed by atoms with Gasteiger partial charge in [0, 0.05) is 18.0 Å². The first kappa shape index (κ1) is 15.8. The molecule has 6 heteroatoms. The molecule has 1 aliphatic rings. The number of piperidine rings is 1. The second-order valence-electron chi connectivity index (χ2n) is 5.26. The minimum atomic E-state index is 0.0925. The Morgan fingerprint density at radius 1 is 1.55 bits per heavy atom. The lowest BCUT2D eigenvalue weighted by molar-refractivity contribution is -0.132. The van der Waals surface area contributed by atoms with Crippen molar-refractivity contribution in [1.82, 2.24) is 9.80 Å². The number of aliphatic hydroxyl groups is 1. The Bertz CT molecular complexity index is 452. The summed E-state index contributed by atoms with van der Waals surface area (Å²) in [6.45, 7) is 2.02. The van der Waals surface area contributed by atoms with E-state index < -0.39 is 0 Å². The summed E-state index contributed by atoms with van der Waals surface area (Å²) in [4.78, 5) is 17.2. The maximum Gasteiger partial charge on any atom is 0.236 e. The van der Waals surface area contributed by atoms with Crippen LogP contribution in [-0.2, 0) is 11.3 Å². The molecule has 0 spiro atoms. The standard InChI is InChI=1S/C14H21ClN2O2S/c1-16(8-12-5-6-13(15)20-12)14(19)9-17-7-3-2-4-11(17)10-18/h5-6,11,18H,2-4,7-10H2,1H3. The van der Waals surface area contributed by atoms with Gasteiger partial charge in [-0.1, -0.05) is 18.0 Å². The van der Waals surface area contributed by atoms with Crippen molar-refractivity contribution in [3.8, 4) is 0 Å². The molecule has 0 aromatic carbocycles. The number of nitrogens with zero attached hydrogens (tertiary/aromatic N) is 2. The summed E-state index contributed by atoms with van der Waals surface area (Å²) in [7, 11) is 1.81. The Morgan fingerprint density at radius 2 is 2.35 bits per heavy atom. The molecule has 112 valence electrons. The van der Waals surface area contributed by atoms with Gasteiger partial charge in [-0.2, -0.15) is 0 Å². The Balaban J connectivity index is 1.86. The van der Waals surface area contributed by atoms with Gasteiger partial charge in [0.25, 0.3) is 0 Å². The molecule has 0 aliphatic carbocycles. The molecular weight excluding hydrogens is 296 g/mol. The molecule has 1 N–H and O–H groups in total. The molecule has 1 amide bonds. The highest BCUT2D eigenvalue weighted by Gasteiger charge is 2.24. The summed E-state index contributed by atoms with van der Waals surface area (Å²) < 4.78 is 0.747. The molecule has 1 aromatic heterocycles. The van der Waals surface area contributed by atoms with Crippen molar-refractivity contribution in [3.63, 3.8) is 0 Å². The van der Waals surface area contributed by atoms with E-state index in [-0.39, 0.29) is 18.6 Å². The van der Waals surface area contributed by atoms with Crippen molar-refractivity contribution in [2.24, 2.45) is 0 Å². The van der Waals surface area contributed by atoms with Crippen LogP contribution in [0.2, 0.25) is 4.34 Å². The number of carbonyl (C=O) groups is 1. The number of likely N-dealkylation sites (tertiary alicyclic amines) is 1. The molecule has 0 bridgehead atoms. The van der Waals surface area contributed by atoms with Gasteiger partial charge in [0.15, 0.2) is 0 Å². The lowest BCUT2D eigenvalue weighted by Crippen LogP contribution is -2.47. The number of amides is 1. The Kier molecular flexibility index (Phi) is 5.84. The van der Waals surface area contributed by atoms with Crippen LogP contribution in [0.4, 0.5) is 0 Å². The fourth-order valence-electron chi connectivity index (χ4n) is 2.53. The number of carbonyl (C=O) groups excluding carboxylic acids is 1. The summed E-state index contributed by atoms with van der Waals surface area (Å²) in [5, 5.41) is 9.37. The summed E-state index contributed by atoms with van der Waals surface area (Å²) in [6, 6.07) is 3.94. The summed E-state index contributed by atoms with van der Waals surface area (Å²) >= 11 is 7.40. The Morgan fingerprint density at radius 3 is 3.00 bits per heavy atom. The molecule has 1 saturated heterocycles. The van der Waals surface area contributed by atoms with Crippen LogP contribution in [0.15, 0.2) is 12.1 Å². The monoisotopic (exact) mass is 316 g/mol. The SMILES string of the molecule is CN(Cc1ccc(Cl)s1)C(=O)CN1CCCCC1CO. The highest BCUT2D eigenvalue weighted by molar-refractivity contribution is 7.16. The minimum absolute atomic E-state index is 0.0925. The van der Waals surface area contributed by atoms with Crippen molar-refractivity contribution < 1.29 is 9.90 Å². The summed E-state index contributed by atoms with van der Waals surface area (Å²) in [6.07, 6.45) is 3.22. The van der Waals surface area contributed by atoms with Crippen LogP contribution >= 0.6 is 22.9 Å². The van der Waals surface area contributed by atoms with Crippen molar-refractivity contribution in [1.29, 1.82) is 0 Å². The molecule has 0 radical (unpaired) electrons. The van der Waals surface area contributed by atoms with Gasteiger partial charge in [-0.15, -0.1) is 11.3 Å². The average Bonchev–Trinajstić information content (AvgIpc) is 2.84. The number of thiophene rings is 1. The van der Waals surface area contributed by atoms with Crippen molar-refractivity contribution in [2.75, 3.05) is 26.7 Å². The van der Waals surface area contributed by atoms with Gasteiger partial charge in [-0.3, -0.25) is 9.69 Å². The number of halogens is 1. The van der Waals surface area contributed by atoms with E-state index in [1.54, 1.807) is 4.90 Å². The molecule has 1 aromatic rings. The third-order valence-corrected chi connectivity index (χ3v) is 4.96. The van der Waals surface area contributed by atoms with E-state index in [1.807, 2.05) is 19.2 Å². The lowest BCUT2D eigenvalue weighted by Gasteiger charge is -2.34. The maximum atomic E-state index is 12.3. The zero-order valence-electron chi connectivity index (χ0n) is 11.7. The first-order valence-corrected chi connectivity index (χ1v) is 8.12. The van der Waals surface area contributed by atoms with Crippen molar-refractivity contribution >= 4 is 28.8 Å². The van der Waals surface area contributed by atoms with Crippen molar-refractivity contribution in [2.45, 2.75) is 31.8 Å². The van der Waals surface area contributed by atoms with Gasteiger partial charge in [-0.05, 0) is 31.5 Å². The van der Waals surface area contributed by atoms with E-state index in [0.717, 1.165) is 35.0 Å². The van der Waals surface area contributed by atoms with E-state index in [1.165, 1.54) is 11.3 Å². The summed E-state index contributed by atoms with van der Waals surface area (Å²) in [5.41, 5.74) is 0. The van der Waals surface area contributed by atoms with Gasteiger partial charge in [0.2, 0.25) is 5.91 Å². The van der Waals surface area contributed by atoms with E-state index in [9.17, 15) is 9.90 Å². The zero-order valence-corrected chi connectivity index (χ0v) is 13.3. The number of likely N-dealkylation sites (N-methyl/N-ethyl adjacent to an activating group) is 1. The number of rotatable bonds is 5. The van der Waals surface area contributed by atoms with E-state index in [4.69, 9.17) is 11.6 Å². The highest BCUT2D eigenvalue weighted by Crippen LogP contribution is 2.22. The maximum absolute atomic E-state index is 12.3. The Hall–Kier alpha value is -0.620. The van der Waals surface area contributed by atoms with Crippen LogP contribution in [0, 0.1) is 0 Å². The van der Waals surface area contributed by atoms with Crippen LogP contribution in [0.5, 0.6) is 0 Å².